The molecule has 1 aliphatic heterocycles. The SMILES string of the molecule is C1=C(CCNC2CCCNCC2)CCC1. The number of allylic oxidation sites excluding steroid dienone is 1. The van der Waals surface area contributed by atoms with Crippen molar-refractivity contribution in [3.8, 4) is 0 Å². The highest BCUT2D eigenvalue weighted by molar-refractivity contribution is 5.07. The molecule has 86 valence electrons. The Kier molecular flexibility index (Phi) is 4.68. The Morgan fingerprint density at radius 1 is 1.27 bits per heavy atom. The molecule has 1 atom stereocenters. The third kappa shape index (κ3) is 3.96. The lowest BCUT2D eigenvalue weighted by atomic mass is 10.1. The van der Waals surface area contributed by atoms with Gasteiger partial charge < -0.3 is 10.6 Å². The molecule has 1 unspecified atom stereocenters. The smallest absolute Gasteiger partial charge is 0.00797 e. The molecule has 1 aliphatic carbocycles. The van der Waals surface area contributed by atoms with Crippen LogP contribution in [0.5, 0.6) is 0 Å². The monoisotopic (exact) mass is 208 g/mol. The highest BCUT2D eigenvalue weighted by Gasteiger charge is 2.11. The van der Waals surface area contributed by atoms with E-state index in [1.54, 1.807) is 5.57 Å². The van der Waals surface area contributed by atoms with E-state index in [1.165, 1.54) is 64.6 Å². The van der Waals surface area contributed by atoms with Gasteiger partial charge in [0.05, 0.1) is 0 Å². The van der Waals surface area contributed by atoms with E-state index in [0.717, 1.165) is 6.04 Å². The fourth-order valence-corrected chi connectivity index (χ4v) is 2.62. The second-order valence-corrected chi connectivity index (χ2v) is 4.84. The predicted octanol–water partition coefficient (Wildman–Crippen LogP) is 2.22. The second kappa shape index (κ2) is 6.29. The zero-order valence-electron chi connectivity index (χ0n) is 9.73. The molecule has 0 amide bonds. The van der Waals surface area contributed by atoms with E-state index >= 15 is 0 Å². The van der Waals surface area contributed by atoms with Crippen LogP contribution in [0.4, 0.5) is 0 Å². The van der Waals surface area contributed by atoms with Crippen molar-refractivity contribution in [2.45, 2.75) is 51.0 Å². The minimum atomic E-state index is 0.766. The number of rotatable bonds is 4. The number of hydrogen-bond acceptors (Lipinski definition) is 2. The van der Waals surface area contributed by atoms with Crippen LogP contribution in [0.25, 0.3) is 0 Å². The van der Waals surface area contributed by atoms with Crippen molar-refractivity contribution in [1.29, 1.82) is 0 Å². The molecule has 0 aromatic heterocycles. The molecule has 0 saturated carbocycles. The van der Waals surface area contributed by atoms with Crippen LogP contribution in [0, 0.1) is 0 Å². The maximum absolute atomic E-state index is 3.71. The van der Waals surface area contributed by atoms with Gasteiger partial charge in [0.25, 0.3) is 0 Å². The molecular formula is C13H24N2. The Hall–Kier alpha value is -0.340. The van der Waals surface area contributed by atoms with Crippen LogP contribution in [0.1, 0.15) is 44.9 Å². The molecule has 1 heterocycles. The van der Waals surface area contributed by atoms with Crippen LogP contribution >= 0.6 is 0 Å². The van der Waals surface area contributed by atoms with Crippen LogP contribution in [-0.4, -0.2) is 25.7 Å². The Balaban J connectivity index is 1.59. The van der Waals surface area contributed by atoms with Crippen molar-refractivity contribution in [2.75, 3.05) is 19.6 Å². The first kappa shape index (κ1) is 11.2. The van der Waals surface area contributed by atoms with E-state index in [9.17, 15) is 0 Å². The maximum atomic E-state index is 3.71. The van der Waals surface area contributed by atoms with Crippen LogP contribution in [-0.2, 0) is 0 Å². The third-order valence-corrected chi connectivity index (χ3v) is 3.59. The minimum absolute atomic E-state index is 0.766. The van der Waals surface area contributed by atoms with Gasteiger partial charge in [-0.1, -0.05) is 11.6 Å². The normalized spacial score (nSPS) is 27.5. The first-order valence-electron chi connectivity index (χ1n) is 6.57. The molecule has 0 aromatic carbocycles. The molecule has 1 fully saturated rings. The van der Waals surface area contributed by atoms with Crippen molar-refractivity contribution in [3.05, 3.63) is 11.6 Å². The lowest BCUT2D eigenvalue weighted by Crippen LogP contribution is -2.30. The van der Waals surface area contributed by atoms with Gasteiger partial charge >= 0.3 is 0 Å². The zero-order valence-corrected chi connectivity index (χ0v) is 9.73. The van der Waals surface area contributed by atoms with Gasteiger partial charge in [-0.2, -0.15) is 0 Å². The summed E-state index contributed by atoms with van der Waals surface area (Å²) in [6.45, 7) is 3.60. The number of nitrogens with one attached hydrogen (secondary N) is 2. The maximum Gasteiger partial charge on any atom is 0.00797 e. The molecule has 0 bridgehead atoms. The van der Waals surface area contributed by atoms with Gasteiger partial charge in [0.1, 0.15) is 0 Å². The first-order chi connectivity index (χ1) is 7.45. The first-order valence-corrected chi connectivity index (χ1v) is 6.57. The summed E-state index contributed by atoms with van der Waals surface area (Å²) < 4.78 is 0. The summed E-state index contributed by atoms with van der Waals surface area (Å²) in [6.07, 6.45) is 11.8. The van der Waals surface area contributed by atoms with Crippen LogP contribution in [0.15, 0.2) is 11.6 Å². The van der Waals surface area contributed by atoms with Gasteiger partial charge in [-0.15, -0.1) is 0 Å². The summed E-state index contributed by atoms with van der Waals surface area (Å²) >= 11 is 0. The Bertz CT molecular complexity index is 203. The molecule has 0 spiro atoms. The highest BCUT2D eigenvalue weighted by Crippen LogP contribution is 2.19. The molecule has 0 aromatic rings. The molecule has 2 N–H and O–H groups in total. The quantitative estimate of drug-likeness (QED) is 0.692. The highest BCUT2D eigenvalue weighted by atomic mass is 14.9. The topological polar surface area (TPSA) is 24.1 Å². The van der Waals surface area contributed by atoms with E-state index in [0.29, 0.717) is 0 Å². The predicted molar refractivity (Wildman–Crippen MR) is 65.1 cm³/mol. The fourth-order valence-electron chi connectivity index (χ4n) is 2.62. The molecule has 2 heteroatoms. The molecule has 2 rings (SSSR count). The lowest BCUT2D eigenvalue weighted by Gasteiger charge is -2.15. The molecule has 15 heavy (non-hydrogen) atoms. The summed E-state index contributed by atoms with van der Waals surface area (Å²) in [7, 11) is 0. The Morgan fingerprint density at radius 3 is 3.13 bits per heavy atom. The van der Waals surface area contributed by atoms with Gasteiger partial charge in [-0.25, -0.2) is 0 Å². The van der Waals surface area contributed by atoms with E-state index < -0.39 is 0 Å². The van der Waals surface area contributed by atoms with Crippen LogP contribution < -0.4 is 10.6 Å². The van der Waals surface area contributed by atoms with Gasteiger partial charge in [0.15, 0.2) is 0 Å². The van der Waals surface area contributed by atoms with Crippen molar-refractivity contribution >= 4 is 0 Å². The van der Waals surface area contributed by atoms with Gasteiger partial charge in [0, 0.05) is 6.04 Å². The van der Waals surface area contributed by atoms with Gasteiger partial charge in [0.2, 0.25) is 0 Å². The van der Waals surface area contributed by atoms with Crippen LogP contribution in [0.2, 0.25) is 0 Å². The van der Waals surface area contributed by atoms with Crippen LogP contribution in [0.3, 0.4) is 0 Å². The Labute approximate surface area is 93.5 Å². The summed E-state index contributed by atoms with van der Waals surface area (Å²) in [6, 6.07) is 0.766. The van der Waals surface area contributed by atoms with Crippen molar-refractivity contribution in [1.82, 2.24) is 10.6 Å². The second-order valence-electron chi connectivity index (χ2n) is 4.84. The fraction of sp³-hybridized carbons (Fsp3) is 0.846. The standard InChI is InChI=1S/C13H24N2/c1-2-5-12(4-1)7-11-15-13-6-3-9-14-10-8-13/h4,13-15H,1-3,5-11H2. The summed E-state index contributed by atoms with van der Waals surface area (Å²) in [5.74, 6) is 0. The van der Waals surface area contributed by atoms with Crippen molar-refractivity contribution in [2.24, 2.45) is 0 Å². The van der Waals surface area contributed by atoms with E-state index in [-0.39, 0.29) is 0 Å². The minimum Gasteiger partial charge on any atom is -0.317 e. The largest absolute Gasteiger partial charge is 0.317 e. The van der Waals surface area contributed by atoms with Crippen molar-refractivity contribution in [3.63, 3.8) is 0 Å². The molecular weight excluding hydrogens is 184 g/mol. The molecule has 2 nitrogen and oxygen atoms in total. The van der Waals surface area contributed by atoms with Crippen molar-refractivity contribution < 1.29 is 0 Å². The summed E-state index contributed by atoms with van der Waals surface area (Å²) in [4.78, 5) is 0. The molecule has 0 radical (unpaired) electrons. The average Bonchev–Trinajstić information content (AvgIpc) is 2.62. The van der Waals surface area contributed by atoms with E-state index in [1.807, 2.05) is 0 Å². The number of hydrogen-bond donors (Lipinski definition) is 2. The zero-order chi connectivity index (χ0) is 10.3. The van der Waals surface area contributed by atoms with Gasteiger partial charge in [-0.3, -0.25) is 0 Å². The third-order valence-electron chi connectivity index (χ3n) is 3.59. The van der Waals surface area contributed by atoms with Gasteiger partial charge in [-0.05, 0) is 64.6 Å². The average molecular weight is 208 g/mol. The Morgan fingerprint density at radius 2 is 2.27 bits per heavy atom. The lowest BCUT2D eigenvalue weighted by molar-refractivity contribution is 0.471. The molecule has 1 saturated heterocycles. The van der Waals surface area contributed by atoms with E-state index in [4.69, 9.17) is 0 Å². The summed E-state index contributed by atoms with van der Waals surface area (Å²) in [5, 5.41) is 7.17. The molecule has 2 aliphatic rings. The van der Waals surface area contributed by atoms with E-state index in [2.05, 4.69) is 16.7 Å². The summed E-state index contributed by atoms with van der Waals surface area (Å²) in [5.41, 5.74) is 1.69.